The van der Waals surface area contributed by atoms with Crippen LogP contribution in [0.4, 0.5) is 10.5 Å². The maximum atomic E-state index is 13.0. The number of amides is 1. The van der Waals surface area contributed by atoms with Gasteiger partial charge in [0.25, 0.3) is 0 Å². The number of nitrogens with two attached hydrogens (primary N) is 1. The summed E-state index contributed by atoms with van der Waals surface area (Å²) >= 11 is 0. The Kier molecular flexibility index (Phi) is 9.59. The van der Waals surface area contributed by atoms with E-state index in [1.54, 1.807) is 63.2 Å². The molecular weight excluding hydrogens is 496 g/mol. The number of carboxylic acid groups (broad SMARTS) is 1. The van der Waals surface area contributed by atoms with E-state index in [4.69, 9.17) is 15.2 Å². The molecule has 0 bridgehead atoms. The lowest BCUT2D eigenvalue weighted by Gasteiger charge is -2.29. The number of nitrogen functional groups attached to an aromatic ring is 1. The number of carboxylic acids is 1. The number of ether oxygens (including phenoxy) is 2. The summed E-state index contributed by atoms with van der Waals surface area (Å²) in [7, 11) is 0. The smallest absolute Gasteiger partial charge is 0.410 e. The monoisotopic (exact) mass is 534 g/mol. The number of aliphatic hydroxyl groups is 1. The van der Waals surface area contributed by atoms with Crippen molar-refractivity contribution in [3.8, 4) is 16.9 Å². The van der Waals surface area contributed by atoms with E-state index < -0.39 is 23.8 Å². The topological polar surface area (TPSA) is 122 Å². The van der Waals surface area contributed by atoms with Gasteiger partial charge in [-0.1, -0.05) is 42.5 Å². The quantitative estimate of drug-likeness (QED) is 0.275. The van der Waals surface area contributed by atoms with Gasteiger partial charge in [-0.25, -0.2) is 9.59 Å². The number of carbonyl (C=O) groups is 2. The minimum Gasteiger partial charge on any atom is -0.490 e. The molecule has 1 amide bonds. The summed E-state index contributed by atoms with van der Waals surface area (Å²) in [6, 6.07) is 19.8. The highest BCUT2D eigenvalue weighted by molar-refractivity contribution is 5.92. The second-order valence-electron chi connectivity index (χ2n) is 10.7. The van der Waals surface area contributed by atoms with Gasteiger partial charge in [0.15, 0.2) is 0 Å². The van der Waals surface area contributed by atoms with Gasteiger partial charge in [-0.3, -0.25) is 0 Å². The van der Waals surface area contributed by atoms with Gasteiger partial charge in [-0.15, -0.1) is 0 Å². The number of anilines is 1. The molecule has 3 rings (SSSR count). The van der Waals surface area contributed by atoms with Crippen molar-refractivity contribution in [1.29, 1.82) is 0 Å². The fourth-order valence-electron chi connectivity index (χ4n) is 4.02. The molecule has 0 aromatic heterocycles. The first kappa shape index (κ1) is 29.5. The first-order chi connectivity index (χ1) is 18.3. The van der Waals surface area contributed by atoms with E-state index in [-0.39, 0.29) is 18.2 Å². The Bertz CT molecular complexity index is 1280. The van der Waals surface area contributed by atoms with Crippen LogP contribution >= 0.6 is 0 Å². The number of carbonyl (C=O) groups excluding carboxylic acids is 1. The van der Waals surface area contributed by atoms with Gasteiger partial charge in [0.2, 0.25) is 0 Å². The molecule has 0 unspecified atom stereocenters. The zero-order chi connectivity index (χ0) is 28.7. The summed E-state index contributed by atoms with van der Waals surface area (Å²) in [5.74, 6) is -0.714. The molecule has 208 valence electrons. The molecule has 0 spiro atoms. The third-order valence-corrected chi connectivity index (χ3v) is 5.87. The van der Waals surface area contributed by atoms with Crippen LogP contribution in [0.2, 0.25) is 0 Å². The van der Waals surface area contributed by atoms with Gasteiger partial charge >= 0.3 is 12.1 Å². The fraction of sp³-hybridized carbons (Fsp3) is 0.355. The Labute approximate surface area is 230 Å². The van der Waals surface area contributed by atoms with E-state index in [0.717, 1.165) is 16.7 Å². The number of rotatable bonds is 10. The van der Waals surface area contributed by atoms with Gasteiger partial charge in [-0.2, -0.15) is 0 Å². The van der Waals surface area contributed by atoms with Crippen molar-refractivity contribution in [2.24, 2.45) is 0 Å². The molecule has 0 aliphatic heterocycles. The first-order valence-corrected chi connectivity index (χ1v) is 13.0. The van der Waals surface area contributed by atoms with Crippen molar-refractivity contribution in [1.82, 2.24) is 4.90 Å². The maximum Gasteiger partial charge on any atom is 0.410 e. The molecule has 3 aromatic rings. The second-order valence-corrected chi connectivity index (χ2v) is 10.7. The van der Waals surface area contributed by atoms with E-state index >= 15 is 0 Å². The minimum atomic E-state index is -1.04. The zero-order valence-corrected chi connectivity index (χ0v) is 23.2. The van der Waals surface area contributed by atoms with Crippen molar-refractivity contribution in [2.75, 3.05) is 18.8 Å². The number of benzene rings is 3. The molecule has 0 radical (unpaired) electrons. The van der Waals surface area contributed by atoms with E-state index in [2.05, 4.69) is 0 Å². The molecule has 4 N–H and O–H groups in total. The number of hydrogen-bond acceptors (Lipinski definition) is 6. The third kappa shape index (κ3) is 8.75. The van der Waals surface area contributed by atoms with Gasteiger partial charge in [-0.05, 0) is 87.6 Å². The normalized spacial score (nSPS) is 12.2. The van der Waals surface area contributed by atoms with Crippen molar-refractivity contribution in [3.05, 3.63) is 83.4 Å². The molecule has 0 saturated carbocycles. The van der Waals surface area contributed by atoms with Crippen LogP contribution < -0.4 is 10.5 Å². The van der Waals surface area contributed by atoms with Crippen LogP contribution in [0.25, 0.3) is 11.1 Å². The minimum absolute atomic E-state index is 0.0605. The maximum absolute atomic E-state index is 13.0. The molecule has 8 heteroatoms. The Balaban J connectivity index is 1.75. The van der Waals surface area contributed by atoms with Crippen molar-refractivity contribution >= 4 is 17.7 Å². The molecular formula is C31H38N2O6. The lowest BCUT2D eigenvalue weighted by molar-refractivity contribution is 0.0147. The van der Waals surface area contributed by atoms with E-state index in [0.29, 0.717) is 30.0 Å². The number of hydrogen-bond donors (Lipinski definition) is 3. The summed E-state index contributed by atoms with van der Waals surface area (Å²) in [6.45, 7) is 9.51. The van der Waals surface area contributed by atoms with E-state index in [1.807, 2.05) is 38.1 Å². The van der Waals surface area contributed by atoms with Crippen LogP contribution in [0.1, 0.15) is 62.2 Å². The summed E-state index contributed by atoms with van der Waals surface area (Å²) in [6.07, 6.45) is -1.04. The Morgan fingerprint density at radius 3 is 2.23 bits per heavy atom. The fourth-order valence-corrected chi connectivity index (χ4v) is 4.02. The van der Waals surface area contributed by atoms with Crippen LogP contribution in [0.3, 0.4) is 0 Å². The molecule has 8 nitrogen and oxygen atoms in total. The summed E-state index contributed by atoms with van der Waals surface area (Å²) in [4.78, 5) is 26.0. The average molecular weight is 535 g/mol. The van der Waals surface area contributed by atoms with Crippen molar-refractivity contribution in [2.45, 2.75) is 58.8 Å². The summed E-state index contributed by atoms with van der Waals surface area (Å²) in [5, 5.41) is 20.3. The van der Waals surface area contributed by atoms with Crippen molar-refractivity contribution < 1.29 is 29.3 Å². The summed E-state index contributed by atoms with van der Waals surface area (Å²) in [5.41, 5.74) is 9.21. The van der Waals surface area contributed by atoms with Crippen molar-refractivity contribution in [3.63, 3.8) is 0 Å². The predicted molar refractivity (Wildman–Crippen MR) is 152 cm³/mol. The molecule has 0 saturated heterocycles. The SMILES string of the molecule is CC(C)Oc1cc(-c2ccc(CCN(C[C@H](O)c3cccc(N)c3)C(=O)OC(C)(C)C)cc2)ccc1C(=O)O. The molecule has 0 fully saturated rings. The standard InChI is InChI=1S/C31H38N2O6/c1-20(2)38-28-18-23(13-14-26(28)29(35)36)22-11-9-21(10-12-22)15-16-33(30(37)39-31(3,4)5)19-27(34)24-7-6-8-25(32)17-24/h6-14,17-18,20,27,34H,15-16,19,32H2,1-5H3,(H,35,36)/t27-/m0/s1. The van der Waals surface area contributed by atoms with Crippen LogP contribution in [0.5, 0.6) is 5.75 Å². The van der Waals surface area contributed by atoms with Gasteiger partial charge < -0.3 is 30.3 Å². The zero-order valence-electron chi connectivity index (χ0n) is 23.2. The second kappa shape index (κ2) is 12.7. The van der Waals surface area contributed by atoms with Gasteiger partial charge in [0, 0.05) is 12.2 Å². The highest BCUT2D eigenvalue weighted by atomic mass is 16.6. The lowest BCUT2D eigenvalue weighted by atomic mass is 10.0. The molecule has 0 aliphatic carbocycles. The molecule has 3 aromatic carbocycles. The van der Waals surface area contributed by atoms with E-state index in [1.165, 1.54) is 4.90 Å². The highest BCUT2D eigenvalue weighted by Crippen LogP contribution is 2.29. The third-order valence-electron chi connectivity index (χ3n) is 5.87. The van der Waals surface area contributed by atoms with Crippen LogP contribution in [-0.4, -0.2) is 52.0 Å². The Morgan fingerprint density at radius 2 is 1.64 bits per heavy atom. The van der Waals surface area contributed by atoms with Crippen LogP contribution in [0.15, 0.2) is 66.7 Å². The largest absolute Gasteiger partial charge is 0.490 e. The van der Waals surface area contributed by atoms with Crippen LogP contribution in [0, 0.1) is 0 Å². The summed E-state index contributed by atoms with van der Waals surface area (Å²) < 4.78 is 11.3. The van der Waals surface area contributed by atoms with Gasteiger partial charge in [0.1, 0.15) is 16.9 Å². The molecule has 1 atom stereocenters. The molecule has 39 heavy (non-hydrogen) atoms. The molecule has 0 heterocycles. The number of nitrogens with zero attached hydrogens (tertiary/aromatic N) is 1. The number of aromatic carboxylic acids is 1. The Morgan fingerprint density at radius 1 is 0.974 bits per heavy atom. The van der Waals surface area contributed by atoms with Crippen LogP contribution in [-0.2, 0) is 11.2 Å². The predicted octanol–water partition coefficient (Wildman–Crippen LogP) is 5.93. The first-order valence-electron chi connectivity index (χ1n) is 13.0. The average Bonchev–Trinajstić information content (AvgIpc) is 2.85. The van der Waals surface area contributed by atoms with Gasteiger partial charge in [0.05, 0.1) is 18.8 Å². The lowest BCUT2D eigenvalue weighted by Crippen LogP contribution is -2.40. The number of aliphatic hydroxyl groups excluding tert-OH is 1. The highest BCUT2D eigenvalue weighted by Gasteiger charge is 2.25. The Hall–Kier alpha value is -4.04. The molecule has 0 aliphatic rings. The van der Waals surface area contributed by atoms with E-state index in [9.17, 15) is 19.8 Å².